The zero-order valence-corrected chi connectivity index (χ0v) is 18.6. The molecule has 0 bridgehead atoms. The molecule has 1 fully saturated rings. The van der Waals surface area contributed by atoms with Crippen LogP contribution in [0.25, 0.3) is 22.2 Å². The average Bonchev–Trinajstić information content (AvgIpc) is 3.21. The van der Waals surface area contributed by atoms with E-state index in [0.717, 1.165) is 46.5 Å². The normalized spacial score (nSPS) is 18.8. The summed E-state index contributed by atoms with van der Waals surface area (Å²) >= 11 is 0. The second-order valence-electron chi connectivity index (χ2n) is 8.77. The monoisotopic (exact) mass is 427 g/mol. The van der Waals surface area contributed by atoms with Crippen LogP contribution in [-0.4, -0.2) is 39.6 Å². The largest absolute Gasteiger partial charge is 0.457 e. The molecular formula is C26H29N5O. The molecule has 6 heteroatoms. The van der Waals surface area contributed by atoms with Gasteiger partial charge in [-0.05, 0) is 69.6 Å². The minimum Gasteiger partial charge on any atom is -0.457 e. The summed E-state index contributed by atoms with van der Waals surface area (Å²) in [4.78, 5) is 11.3. The topological polar surface area (TPSA) is 69.2 Å². The SMILES string of the molecule is CN(C)[C@H]1CC[C@@H](n2cc(-c3ccc(Oc4ccccc4)cc3)c3c(N)ncnc32)CC1. The molecule has 1 aliphatic carbocycles. The number of nitrogen functional groups attached to an aromatic ring is 1. The van der Waals surface area contributed by atoms with Crippen LogP contribution in [0.4, 0.5) is 5.82 Å². The van der Waals surface area contributed by atoms with Gasteiger partial charge in [0.1, 0.15) is 29.3 Å². The van der Waals surface area contributed by atoms with Gasteiger partial charge >= 0.3 is 0 Å². The molecule has 0 spiro atoms. The van der Waals surface area contributed by atoms with Gasteiger partial charge in [-0.2, -0.15) is 0 Å². The predicted molar refractivity (Wildman–Crippen MR) is 129 cm³/mol. The molecule has 1 saturated carbocycles. The van der Waals surface area contributed by atoms with E-state index in [1.54, 1.807) is 6.33 Å². The number of nitrogens with zero attached hydrogens (tertiary/aromatic N) is 4. The van der Waals surface area contributed by atoms with Gasteiger partial charge in [0.2, 0.25) is 0 Å². The summed E-state index contributed by atoms with van der Waals surface area (Å²) in [6, 6.07) is 19.0. The quantitative estimate of drug-likeness (QED) is 0.454. The van der Waals surface area contributed by atoms with Crippen LogP contribution >= 0.6 is 0 Å². The number of benzene rings is 2. The number of nitrogens with two attached hydrogens (primary N) is 1. The highest BCUT2D eigenvalue weighted by Crippen LogP contribution is 2.39. The number of hydrogen-bond donors (Lipinski definition) is 1. The number of aromatic nitrogens is 3. The third kappa shape index (κ3) is 3.94. The van der Waals surface area contributed by atoms with Crippen LogP contribution in [0, 0.1) is 0 Å². The Morgan fingerprint density at radius 3 is 2.28 bits per heavy atom. The highest BCUT2D eigenvalue weighted by Gasteiger charge is 2.26. The lowest BCUT2D eigenvalue weighted by Gasteiger charge is -2.33. The summed E-state index contributed by atoms with van der Waals surface area (Å²) in [5, 5.41) is 0.930. The van der Waals surface area contributed by atoms with Crippen molar-refractivity contribution in [2.24, 2.45) is 0 Å². The Bertz CT molecular complexity index is 1190. The summed E-state index contributed by atoms with van der Waals surface area (Å²) < 4.78 is 8.27. The zero-order valence-electron chi connectivity index (χ0n) is 18.6. The van der Waals surface area contributed by atoms with Crippen molar-refractivity contribution < 1.29 is 4.74 Å². The predicted octanol–water partition coefficient (Wildman–Crippen LogP) is 5.52. The first kappa shape index (κ1) is 20.5. The Kier molecular flexibility index (Phi) is 5.53. The Morgan fingerprint density at radius 1 is 0.906 bits per heavy atom. The fourth-order valence-electron chi connectivity index (χ4n) is 4.79. The second-order valence-corrected chi connectivity index (χ2v) is 8.77. The summed E-state index contributed by atoms with van der Waals surface area (Å²) in [7, 11) is 4.35. The number of ether oxygens (including phenoxy) is 1. The van der Waals surface area contributed by atoms with Gasteiger partial charge in [-0.15, -0.1) is 0 Å². The van der Waals surface area contributed by atoms with E-state index in [9.17, 15) is 0 Å². The van der Waals surface area contributed by atoms with Gasteiger partial charge in [-0.1, -0.05) is 30.3 Å². The van der Waals surface area contributed by atoms with Crippen molar-refractivity contribution in [3.8, 4) is 22.6 Å². The van der Waals surface area contributed by atoms with Crippen molar-refractivity contribution >= 4 is 16.9 Å². The molecule has 5 rings (SSSR count). The van der Waals surface area contributed by atoms with Crippen molar-refractivity contribution in [2.75, 3.05) is 19.8 Å². The van der Waals surface area contributed by atoms with E-state index in [1.165, 1.54) is 12.8 Å². The van der Waals surface area contributed by atoms with Crippen LogP contribution in [0.2, 0.25) is 0 Å². The van der Waals surface area contributed by atoms with Gasteiger partial charge in [0.25, 0.3) is 0 Å². The molecule has 2 aromatic carbocycles. The van der Waals surface area contributed by atoms with Crippen LogP contribution in [0.15, 0.2) is 67.1 Å². The maximum Gasteiger partial charge on any atom is 0.146 e. The number of fused-ring (bicyclic) bond motifs is 1. The van der Waals surface area contributed by atoms with Gasteiger partial charge in [0.15, 0.2) is 0 Å². The molecule has 0 atom stereocenters. The third-order valence-corrected chi connectivity index (χ3v) is 6.57. The van der Waals surface area contributed by atoms with Crippen LogP contribution in [0.5, 0.6) is 11.5 Å². The van der Waals surface area contributed by atoms with E-state index in [1.807, 2.05) is 42.5 Å². The highest BCUT2D eigenvalue weighted by atomic mass is 16.5. The van der Waals surface area contributed by atoms with E-state index in [4.69, 9.17) is 10.5 Å². The van der Waals surface area contributed by atoms with Crippen molar-refractivity contribution in [3.63, 3.8) is 0 Å². The number of rotatable bonds is 5. The minimum atomic E-state index is 0.428. The average molecular weight is 428 g/mol. The van der Waals surface area contributed by atoms with Crippen molar-refractivity contribution in [1.29, 1.82) is 0 Å². The lowest BCUT2D eigenvalue weighted by atomic mass is 9.90. The molecule has 2 N–H and O–H groups in total. The number of anilines is 1. The Labute approximate surface area is 188 Å². The Balaban J connectivity index is 1.47. The van der Waals surface area contributed by atoms with E-state index in [-0.39, 0.29) is 0 Å². The van der Waals surface area contributed by atoms with Crippen molar-refractivity contribution in [2.45, 2.75) is 37.8 Å². The lowest BCUT2D eigenvalue weighted by molar-refractivity contribution is 0.197. The number of hydrogen-bond acceptors (Lipinski definition) is 5. The maximum absolute atomic E-state index is 6.34. The van der Waals surface area contributed by atoms with Crippen LogP contribution in [-0.2, 0) is 0 Å². The van der Waals surface area contributed by atoms with E-state index < -0.39 is 0 Å². The minimum absolute atomic E-state index is 0.428. The maximum atomic E-state index is 6.34. The molecule has 4 aromatic rings. The molecular weight excluding hydrogens is 398 g/mol. The molecule has 0 unspecified atom stereocenters. The van der Waals surface area contributed by atoms with Crippen LogP contribution in [0.3, 0.4) is 0 Å². The summed E-state index contributed by atoms with van der Waals surface area (Å²) in [5.41, 5.74) is 9.41. The molecule has 32 heavy (non-hydrogen) atoms. The van der Waals surface area contributed by atoms with Crippen LogP contribution < -0.4 is 10.5 Å². The van der Waals surface area contributed by atoms with Gasteiger partial charge < -0.3 is 19.9 Å². The molecule has 6 nitrogen and oxygen atoms in total. The standard InChI is InChI=1S/C26H29N5O/c1-30(2)19-10-12-20(13-11-19)31-16-23(24-25(27)28-17-29-26(24)31)18-8-14-22(15-9-18)32-21-6-4-3-5-7-21/h3-9,14-17,19-20H,10-13H2,1-2H3,(H2,27,28,29)/t19-,20+. The second kappa shape index (κ2) is 8.63. The molecule has 0 amide bonds. The lowest BCUT2D eigenvalue weighted by Crippen LogP contribution is -2.32. The third-order valence-electron chi connectivity index (χ3n) is 6.57. The fourth-order valence-corrected chi connectivity index (χ4v) is 4.79. The molecule has 0 saturated heterocycles. The van der Waals surface area contributed by atoms with Gasteiger partial charge in [-0.25, -0.2) is 9.97 Å². The van der Waals surface area contributed by atoms with Gasteiger partial charge in [0, 0.05) is 23.8 Å². The van der Waals surface area contributed by atoms with E-state index in [2.05, 4.69) is 51.9 Å². The molecule has 0 aliphatic heterocycles. The highest BCUT2D eigenvalue weighted by molar-refractivity contribution is 6.00. The smallest absolute Gasteiger partial charge is 0.146 e. The van der Waals surface area contributed by atoms with Crippen molar-refractivity contribution in [3.05, 3.63) is 67.1 Å². The summed E-state index contributed by atoms with van der Waals surface area (Å²) in [6.45, 7) is 0. The van der Waals surface area contributed by atoms with Gasteiger partial charge in [-0.3, -0.25) is 0 Å². The van der Waals surface area contributed by atoms with Crippen LogP contribution in [0.1, 0.15) is 31.7 Å². The molecule has 0 radical (unpaired) electrons. The number of para-hydroxylation sites is 1. The Morgan fingerprint density at radius 2 is 1.59 bits per heavy atom. The molecule has 2 heterocycles. The molecule has 164 valence electrons. The first-order valence-electron chi connectivity index (χ1n) is 11.2. The van der Waals surface area contributed by atoms with E-state index >= 15 is 0 Å². The molecule has 2 aromatic heterocycles. The summed E-state index contributed by atoms with van der Waals surface area (Å²) in [6.07, 6.45) is 8.45. The first-order valence-corrected chi connectivity index (χ1v) is 11.2. The fraction of sp³-hybridized carbons (Fsp3) is 0.308. The first-order chi connectivity index (χ1) is 15.6. The zero-order chi connectivity index (χ0) is 22.1. The summed E-state index contributed by atoms with van der Waals surface area (Å²) in [5.74, 6) is 2.15. The van der Waals surface area contributed by atoms with Crippen molar-refractivity contribution in [1.82, 2.24) is 19.4 Å². The Hall–Kier alpha value is -3.38. The molecule has 1 aliphatic rings. The van der Waals surface area contributed by atoms with E-state index in [0.29, 0.717) is 17.9 Å². The van der Waals surface area contributed by atoms with Gasteiger partial charge in [0.05, 0.1) is 5.39 Å².